The van der Waals surface area contributed by atoms with Crippen LogP contribution in [0.2, 0.25) is 0 Å². The molecule has 1 saturated heterocycles. The third kappa shape index (κ3) is 3.63. The van der Waals surface area contributed by atoms with Crippen LogP contribution >= 0.6 is 12.4 Å². The first-order chi connectivity index (χ1) is 12.7. The second kappa shape index (κ2) is 7.98. The summed E-state index contributed by atoms with van der Waals surface area (Å²) >= 11 is 0. The summed E-state index contributed by atoms with van der Waals surface area (Å²) in [5.74, 6) is 1.60. The lowest BCUT2D eigenvalue weighted by Gasteiger charge is -2.31. The number of aromatic nitrogens is 2. The molecule has 2 aromatic carbocycles. The largest absolute Gasteiger partial charge is 0.497 e. The third-order valence-corrected chi connectivity index (χ3v) is 5.04. The van der Waals surface area contributed by atoms with E-state index >= 15 is 0 Å². The number of hydrogen-bond donors (Lipinski definition) is 2. The lowest BCUT2D eigenvalue weighted by atomic mass is 9.88. The Balaban J connectivity index is 0.00000210. The van der Waals surface area contributed by atoms with Crippen molar-refractivity contribution in [1.82, 2.24) is 14.9 Å². The summed E-state index contributed by atoms with van der Waals surface area (Å²) in [4.78, 5) is 17.4. The summed E-state index contributed by atoms with van der Waals surface area (Å²) in [6.07, 6.45) is 0. The summed E-state index contributed by atoms with van der Waals surface area (Å²) in [5, 5.41) is 6.25. The number of nitrogens with zero attached hydrogens (tertiary/aromatic N) is 2. The maximum atomic E-state index is 12.7. The van der Waals surface area contributed by atoms with Crippen molar-refractivity contribution >= 4 is 35.3 Å². The lowest BCUT2D eigenvalue weighted by molar-refractivity contribution is -0.121. The van der Waals surface area contributed by atoms with Crippen molar-refractivity contribution in [3.63, 3.8) is 0 Å². The first kappa shape index (κ1) is 19.2. The molecule has 1 aliphatic rings. The molecule has 1 aromatic heterocycles. The van der Waals surface area contributed by atoms with Gasteiger partial charge in [-0.25, -0.2) is 4.98 Å². The molecule has 142 valence electrons. The van der Waals surface area contributed by atoms with Crippen LogP contribution in [0.25, 0.3) is 16.7 Å². The number of rotatable bonds is 5. The molecule has 1 unspecified atom stereocenters. The quantitative estimate of drug-likeness (QED) is 0.706. The van der Waals surface area contributed by atoms with Gasteiger partial charge in [0.15, 0.2) is 0 Å². The standard InChI is InChI=1S/C20H22N4O2.ClH/c1-13(14-11-21-12-14)19(25)23-20-22-17-8-3-4-9-18(17)24(20)15-6-5-7-16(10-15)26-2;/h3-10,13-14,21H,11-12H2,1-2H3,(H,22,23,25);1H. The number of methoxy groups -OCH3 is 1. The topological polar surface area (TPSA) is 68.2 Å². The van der Waals surface area contributed by atoms with Gasteiger partial charge in [0.25, 0.3) is 0 Å². The van der Waals surface area contributed by atoms with Crippen molar-refractivity contribution in [1.29, 1.82) is 0 Å². The average molecular weight is 387 g/mol. The Hall–Kier alpha value is -2.57. The molecule has 6 nitrogen and oxygen atoms in total. The summed E-state index contributed by atoms with van der Waals surface area (Å²) in [5.41, 5.74) is 2.67. The van der Waals surface area contributed by atoms with Crippen molar-refractivity contribution < 1.29 is 9.53 Å². The molecule has 0 radical (unpaired) electrons. The maximum absolute atomic E-state index is 12.7. The molecule has 2 heterocycles. The van der Waals surface area contributed by atoms with Gasteiger partial charge in [0.2, 0.25) is 11.9 Å². The fourth-order valence-corrected chi connectivity index (χ4v) is 3.22. The molecule has 7 heteroatoms. The Labute approximate surface area is 164 Å². The van der Waals surface area contributed by atoms with Gasteiger partial charge in [0.1, 0.15) is 5.75 Å². The molecule has 0 saturated carbocycles. The van der Waals surface area contributed by atoms with Crippen molar-refractivity contribution in [3.8, 4) is 11.4 Å². The zero-order chi connectivity index (χ0) is 18.1. The van der Waals surface area contributed by atoms with Crippen LogP contribution in [0.5, 0.6) is 5.75 Å². The molecule has 1 amide bonds. The van der Waals surface area contributed by atoms with E-state index in [1.165, 1.54) is 0 Å². The molecule has 0 bridgehead atoms. The van der Waals surface area contributed by atoms with Crippen LogP contribution in [-0.2, 0) is 4.79 Å². The minimum Gasteiger partial charge on any atom is -0.497 e. The fraction of sp³-hybridized carbons (Fsp3) is 0.300. The first-order valence-electron chi connectivity index (χ1n) is 8.81. The van der Waals surface area contributed by atoms with Crippen molar-refractivity contribution in [2.45, 2.75) is 6.92 Å². The number of ether oxygens (including phenoxy) is 1. The number of carbonyl (C=O) groups excluding carboxylic acids is 1. The molecule has 1 aliphatic heterocycles. The Morgan fingerprint density at radius 3 is 2.74 bits per heavy atom. The molecule has 27 heavy (non-hydrogen) atoms. The maximum Gasteiger partial charge on any atom is 0.229 e. The van der Waals surface area contributed by atoms with Crippen molar-refractivity contribution in [3.05, 3.63) is 48.5 Å². The minimum absolute atomic E-state index is 0. The summed E-state index contributed by atoms with van der Waals surface area (Å²) < 4.78 is 7.31. The highest BCUT2D eigenvalue weighted by Crippen LogP contribution is 2.27. The number of nitrogens with one attached hydrogen (secondary N) is 2. The molecule has 4 rings (SSSR count). The highest BCUT2D eigenvalue weighted by atomic mass is 35.5. The van der Waals surface area contributed by atoms with E-state index in [-0.39, 0.29) is 24.2 Å². The summed E-state index contributed by atoms with van der Waals surface area (Å²) in [6.45, 7) is 3.75. The monoisotopic (exact) mass is 386 g/mol. The highest BCUT2D eigenvalue weighted by molar-refractivity contribution is 5.94. The van der Waals surface area contributed by atoms with Crippen LogP contribution in [0, 0.1) is 11.8 Å². The Kier molecular flexibility index (Phi) is 5.68. The Morgan fingerprint density at radius 1 is 1.26 bits per heavy atom. The number of halogens is 1. The van der Waals surface area contributed by atoms with E-state index < -0.39 is 0 Å². The van der Waals surface area contributed by atoms with Gasteiger partial charge in [0, 0.05) is 12.0 Å². The molecule has 2 N–H and O–H groups in total. The van der Waals surface area contributed by atoms with Crippen LogP contribution < -0.4 is 15.4 Å². The molecule has 0 spiro atoms. The van der Waals surface area contributed by atoms with E-state index in [1.807, 2.05) is 60.0 Å². The predicted molar refractivity (Wildman–Crippen MR) is 109 cm³/mol. The van der Waals surface area contributed by atoms with Crippen LogP contribution in [0.4, 0.5) is 5.95 Å². The Bertz CT molecular complexity index is 952. The fourth-order valence-electron chi connectivity index (χ4n) is 3.22. The Morgan fingerprint density at radius 2 is 2.04 bits per heavy atom. The number of fused-ring (bicyclic) bond motifs is 1. The molecule has 1 atom stereocenters. The smallest absolute Gasteiger partial charge is 0.229 e. The lowest BCUT2D eigenvalue weighted by Crippen LogP contribution is -2.48. The van der Waals surface area contributed by atoms with Crippen molar-refractivity contribution in [2.24, 2.45) is 11.8 Å². The number of hydrogen-bond acceptors (Lipinski definition) is 4. The summed E-state index contributed by atoms with van der Waals surface area (Å²) in [7, 11) is 1.64. The SMILES string of the molecule is COc1cccc(-n2c(NC(=O)C(C)C3CNC3)nc3ccccc32)c1.Cl. The van der Waals surface area contributed by atoms with E-state index in [0.29, 0.717) is 11.9 Å². The van der Waals surface area contributed by atoms with Crippen LogP contribution in [0.3, 0.4) is 0 Å². The van der Waals surface area contributed by atoms with E-state index in [4.69, 9.17) is 4.74 Å². The van der Waals surface area contributed by atoms with Gasteiger partial charge in [-0.1, -0.05) is 25.1 Å². The second-order valence-corrected chi connectivity index (χ2v) is 6.66. The van der Waals surface area contributed by atoms with E-state index in [9.17, 15) is 4.79 Å². The molecule has 0 aliphatic carbocycles. The normalized spacial score (nSPS) is 14.9. The average Bonchev–Trinajstić information content (AvgIpc) is 2.98. The minimum atomic E-state index is -0.0604. The van der Waals surface area contributed by atoms with Gasteiger partial charge in [-0.05, 0) is 43.3 Å². The number of anilines is 1. The molecule has 3 aromatic rings. The molecule has 1 fully saturated rings. The molecular weight excluding hydrogens is 364 g/mol. The van der Waals surface area contributed by atoms with Gasteiger partial charge in [-0.15, -0.1) is 12.4 Å². The number of amides is 1. The predicted octanol–water partition coefficient (Wildman–Crippen LogP) is 3.25. The zero-order valence-corrected chi connectivity index (χ0v) is 16.1. The van der Waals surface area contributed by atoms with Gasteiger partial charge in [0.05, 0.1) is 23.8 Å². The van der Waals surface area contributed by atoms with E-state index in [2.05, 4.69) is 15.6 Å². The summed E-state index contributed by atoms with van der Waals surface area (Å²) in [6, 6.07) is 15.6. The number of para-hydroxylation sites is 2. The van der Waals surface area contributed by atoms with Gasteiger partial charge < -0.3 is 10.1 Å². The van der Waals surface area contributed by atoms with Crippen LogP contribution in [0.1, 0.15) is 6.92 Å². The number of carbonyl (C=O) groups is 1. The van der Waals surface area contributed by atoms with E-state index in [1.54, 1.807) is 7.11 Å². The van der Waals surface area contributed by atoms with Gasteiger partial charge in [-0.2, -0.15) is 0 Å². The molecular formula is C20H23ClN4O2. The first-order valence-corrected chi connectivity index (χ1v) is 8.81. The number of imidazole rings is 1. The highest BCUT2D eigenvalue weighted by Gasteiger charge is 2.29. The van der Waals surface area contributed by atoms with Gasteiger partial charge >= 0.3 is 0 Å². The van der Waals surface area contributed by atoms with Crippen LogP contribution in [-0.4, -0.2) is 35.7 Å². The van der Waals surface area contributed by atoms with Crippen LogP contribution in [0.15, 0.2) is 48.5 Å². The number of benzene rings is 2. The zero-order valence-electron chi connectivity index (χ0n) is 15.3. The second-order valence-electron chi connectivity index (χ2n) is 6.66. The third-order valence-electron chi connectivity index (χ3n) is 5.04. The van der Waals surface area contributed by atoms with Gasteiger partial charge in [-0.3, -0.25) is 14.7 Å². The van der Waals surface area contributed by atoms with E-state index in [0.717, 1.165) is 35.6 Å². The van der Waals surface area contributed by atoms with Crippen molar-refractivity contribution in [2.75, 3.05) is 25.5 Å².